The van der Waals surface area contributed by atoms with Gasteiger partial charge in [-0.1, -0.05) is 30.3 Å². The molecule has 0 saturated carbocycles. The molecule has 0 atom stereocenters. The fourth-order valence-corrected chi connectivity index (χ4v) is 2.82. The van der Waals surface area contributed by atoms with Gasteiger partial charge in [0.05, 0.1) is 22.8 Å². The maximum absolute atomic E-state index is 13.1. The van der Waals surface area contributed by atoms with Gasteiger partial charge in [-0.2, -0.15) is 10.4 Å². The van der Waals surface area contributed by atoms with Crippen molar-refractivity contribution in [1.29, 1.82) is 5.26 Å². The average Bonchev–Trinajstić information content (AvgIpc) is 3.06. The Kier molecular flexibility index (Phi) is 3.33. The monoisotopic (exact) mass is 313 g/mol. The molecule has 0 bridgehead atoms. The Hall–Kier alpha value is -3.45. The van der Waals surface area contributed by atoms with E-state index in [-0.39, 0.29) is 5.82 Å². The molecule has 0 fully saturated rings. The van der Waals surface area contributed by atoms with Crippen molar-refractivity contribution in [2.24, 2.45) is 0 Å². The Bertz CT molecular complexity index is 1060. The van der Waals surface area contributed by atoms with Crippen molar-refractivity contribution in [2.75, 3.05) is 0 Å². The Morgan fingerprint density at radius 3 is 2.38 bits per heavy atom. The van der Waals surface area contributed by atoms with Crippen LogP contribution in [0.5, 0.6) is 0 Å². The first-order valence-corrected chi connectivity index (χ1v) is 7.50. The van der Waals surface area contributed by atoms with Gasteiger partial charge >= 0.3 is 0 Å². The van der Waals surface area contributed by atoms with Crippen molar-refractivity contribution in [3.8, 4) is 28.5 Å². The summed E-state index contributed by atoms with van der Waals surface area (Å²) in [5, 5.41) is 14.0. The maximum Gasteiger partial charge on any atom is 0.123 e. The summed E-state index contributed by atoms with van der Waals surface area (Å²) in [6, 6.07) is 21.9. The van der Waals surface area contributed by atoms with E-state index in [0.29, 0.717) is 5.56 Å². The van der Waals surface area contributed by atoms with Gasteiger partial charge in [-0.15, -0.1) is 0 Å². The molecular weight excluding hydrogens is 301 g/mol. The molecule has 2 aromatic carbocycles. The molecule has 24 heavy (non-hydrogen) atoms. The number of hydrogen-bond donors (Lipinski definition) is 0. The van der Waals surface area contributed by atoms with Crippen molar-refractivity contribution < 1.29 is 4.39 Å². The van der Waals surface area contributed by atoms with Crippen LogP contribution in [0.1, 0.15) is 5.56 Å². The van der Waals surface area contributed by atoms with Crippen LogP contribution in [-0.4, -0.2) is 9.61 Å². The first-order chi connectivity index (χ1) is 11.8. The Morgan fingerprint density at radius 2 is 1.67 bits per heavy atom. The molecule has 4 rings (SSSR count). The van der Waals surface area contributed by atoms with Gasteiger partial charge in [-0.3, -0.25) is 0 Å². The SMILES string of the molecule is N#Cc1ccn2nc(-c3ccc(F)cc3)cc2c1-c1ccccc1. The predicted octanol–water partition coefficient (Wildman–Crippen LogP) is 4.68. The second-order valence-electron chi connectivity index (χ2n) is 5.45. The van der Waals surface area contributed by atoms with Crippen molar-refractivity contribution in [3.63, 3.8) is 0 Å². The fourth-order valence-electron chi connectivity index (χ4n) is 2.82. The maximum atomic E-state index is 13.1. The summed E-state index contributed by atoms with van der Waals surface area (Å²) in [5.74, 6) is -0.278. The molecule has 0 unspecified atom stereocenters. The van der Waals surface area contributed by atoms with Crippen LogP contribution in [0.4, 0.5) is 4.39 Å². The van der Waals surface area contributed by atoms with E-state index in [4.69, 9.17) is 0 Å². The third kappa shape index (κ3) is 2.33. The highest BCUT2D eigenvalue weighted by molar-refractivity contribution is 5.87. The van der Waals surface area contributed by atoms with E-state index in [1.54, 1.807) is 28.9 Å². The number of fused-ring (bicyclic) bond motifs is 1. The fraction of sp³-hybridized carbons (Fsp3) is 0. The van der Waals surface area contributed by atoms with Gasteiger partial charge in [-0.25, -0.2) is 8.91 Å². The highest BCUT2D eigenvalue weighted by atomic mass is 19.1. The highest BCUT2D eigenvalue weighted by Gasteiger charge is 2.13. The Morgan fingerprint density at radius 1 is 0.917 bits per heavy atom. The minimum Gasteiger partial charge on any atom is -0.240 e. The van der Waals surface area contributed by atoms with E-state index in [9.17, 15) is 9.65 Å². The summed E-state index contributed by atoms with van der Waals surface area (Å²) in [7, 11) is 0. The minimum absolute atomic E-state index is 0.278. The molecule has 114 valence electrons. The lowest BCUT2D eigenvalue weighted by atomic mass is 10.00. The molecule has 2 heterocycles. The van der Waals surface area contributed by atoms with E-state index < -0.39 is 0 Å². The van der Waals surface area contributed by atoms with E-state index in [2.05, 4.69) is 11.2 Å². The number of nitriles is 1. The van der Waals surface area contributed by atoms with Gasteiger partial charge in [0.2, 0.25) is 0 Å². The van der Waals surface area contributed by atoms with Crippen molar-refractivity contribution in [3.05, 3.63) is 84.3 Å². The average molecular weight is 313 g/mol. The van der Waals surface area contributed by atoms with E-state index >= 15 is 0 Å². The highest BCUT2D eigenvalue weighted by Crippen LogP contribution is 2.31. The van der Waals surface area contributed by atoms with Gasteiger partial charge in [0.15, 0.2) is 0 Å². The van der Waals surface area contributed by atoms with Gasteiger partial charge in [-0.05, 0) is 42.0 Å². The van der Waals surface area contributed by atoms with E-state index in [0.717, 1.165) is 27.9 Å². The quantitative estimate of drug-likeness (QED) is 0.539. The number of halogens is 1. The molecule has 4 aromatic rings. The molecule has 0 N–H and O–H groups in total. The van der Waals surface area contributed by atoms with Gasteiger partial charge in [0.25, 0.3) is 0 Å². The summed E-state index contributed by atoms with van der Waals surface area (Å²) >= 11 is 0. The lowest BCUT2D eigenvalue weighted by Gasteiger charge is -2.06. The summed E-state index contributed by atoms with van der Waals surface area (Å²) in [6.07, 6.45) is 1.77. The lowest BCUT2D eigenvalue weighted by molar-refractivity contribution is 0.628. The van der Waals surface area contributed by atoms with Crippen LogP contribution in [-0.2, 0) is 0 Å². The number of nitrogens with zero attached hydrogens (tertiary/aromatic N) is 3. The predicted molar refractivity (Wildman–Crippen MR) is 90.7 cm³/mol. The van der Waals surface area contributed by atoms with E-state index in [1.807, 2.05) is 36.4 Å². The van der Waals surface area contributed by atoms with Crippen LogP contribution < -0.4 is 0 Å². The third-order valence-corrected chi connectivity index (χ3v) is 3.97. The molecule has 0 aliphatic carbocycles. The minimum atomic E-state index is -0.278. The first kappa shape index (κ1) is 14.2. The van der Waals surface area contributed by atoms with Crippen LogP contribution in [0.2, 0.25) is 0 Å². The molecule has 0 amide bonds. The summed E-state index contributed by atoms with van der Waals surface area (Å²) in [5.41, 5.74) is 4.82. The normalized spacial score (nSPS) is 10.7. The van der Waals surface area contributed by atoms with Crippen LogP contribution in [0.3, 0.4) is 0 Å². The zero-order chi connectivity index (χ0) is 16.5. The van der Waals surface area contributed by atoms with Gasteiger partial charge in [0.1, 0.15) is 5.82 Å². The lowest BCUT2D eigenvalue weighted by Crippen LogP contribution is -1.93. The van der Waals surface area contributed by atoms with Crippen molar-refractivity contribution in [1.82, 2.24) is 9.61 Å². The number of pyridine rings is 1. The second kappa shape index (κ2) is 5.64. The third-order valence-electron chi connectivity index (χ3n) is 3.97. The van der Waals surface area contributed by atoms with Crippen LogP contribution in [0.15, 0.2) is 72.9 Å². The Labute approximate surface area is 138 Å². The number of aromatic nitrogens is 2. The molecular formula is C20H12FN3. The smallest absolute Gasteiger partial charge is 0.123 e. The number of hydrogen-bond acceptors (Lipinski definition) is 2. The standard InChI is InChI=1S/C20H12FN3/c21-17-8-6-14(7-9-17)18-12-19-20(15-4-2-1-3-5-15)16(13-22)10-11-24(19)23-18/h1-12H. The molecule has 0 saturated heterocycles. The Balaban J connectivity index is 1.97. The summed E-state index contributed by atoms with van der Waals surface area (Å²) in [4.78, 5) is 0. The van der Waals surface area contributed by atoms with Crippen molar-refractivity contribution in [2.45, 2.75) is 0 Å². The zero-order valence-corrected chi connectivity index (χ0v) is 12.6. The van der Waals surface area contributed by atoms with Gasteiger partial charge in [0, 0.05) is 17.3 Å². The first-order valence-electron chi connectivity index (χ1n) is 7.50. The molecule has 4 heteroatoms. The van der Waals surface area contributed by atoms with Crippen LogP contribution >= 0.6 is 0 Å². The summed E-state index contributed by atoms with van der Waals surface area (Å²) < 4.78 is 14.9. The number of rotatable bonds is 2. The zero-order valence-electron chi connectivity index (χ0n) is 12.6. The second-order valence-corrected chi connectivity index (χ2v) is 5.45. The van der Waals surface area contributed by atoms with Gasteiger partial charge < -0.3 is 0 Å². The van der Waals surface area contributed by atoms with Crippen LogP contribution in [0, 0.1) is 17.1 Å². The van der Waals surface area contributed by atoms with E-state index in [1.165, 1.54) is 12.1 Å². The molecule has 0 aliphatic rings. The molecule has 2 aromatic heterocycles. The molecule has 0 spiro atoms. The molecule has 0 radical (unpaired) electrons. The topological polar surface area (TPSA) is 41.1 Å². The molecule has 3 nitrogen and oxygen atoms in total. The largest absolute Gasteiger partial charge is 0.240 e. The number of benzene rings is 2. The summed E-state index contributed by atoms with van der Waals surface area (Å²) in [6.45, 7) is 0. The van der Waals surface area contributed by atoms with Crippen LogP contribution in [0.25, 0.3) is 27.9 Å². The molecule has 0 aliphatic heterocycles. The van der Waals surface area contributed by atoms with Crippen molar-refractivity contribution >= 4 is 5.52 Å².